The summed E-state index contributed by atoms with van der Waals surface area (Å²) in [5.74, 6) is 0.683. The molecule has 0 aliphatic rings. The van der Waals surface area contributed by atoms with Crippen molar-refractivity contribution in [1.29, 1.82) is 0 Å². The van der Waals surface area contributed by atoms with Crippen molar-refractivity contribution in [3.8, 4) is 0 Å². The Balaban J connectivity index is 0. The molecule has 0 saturated heterocycles. The van der Waals surface area contributed by atoms with Gasteiger partial charge in [0.15, 0.2) is 0 Å². The Morgan fingerprint density at radius 1 is 1.57 bits per heavy atom. The first-order valence-electron chi connectivity index (χ1n) is 2.12. The molecule has 0 aliphatic carbocycles. The van der Waals surface area contributed by atoms with Gasteiger partial charge in [0.05, 0.1) is 0 Å². The largest absolute Gasteiger partial charge is 0.424 e. The zero-order chi connectivity index (χ0) is 4.99. The van der Waals surface area contributed by atoms with E-state index in [0.717, 1.165) is 6.42 Å². The topological polar surface area (TPSA) is 0 Å². The van der Waals surface area contributed by atoms with Gasteiger partial charge in [0.1, 0.15) is 0 Å². The zero-order valence-corrected chi connectivity index (χ0v) is 8.42. The Kier molecular flexibility index (Phi) is 11.4. The maximum absolute atomic E-state index is 4.48. The predicted molar refractivity (Wildman–Crippen MR) is 32.1 cm³/mol. The van der Waals surface area contributed by atoms with Crippen LogP contribution >= 0.6 is 12.2 Å². The molecule has 0 N–H and O–H groups in total. The molecule has 0 atom stereocenters. The molecule has 39 valence electrons. The van der Waals surface area contributed by atoms with Gasteiger partial charge >= 0.3 is 0 Å². The van der Waals surface area contributed by atoms with Crippen LogP contribution < -0.4 is 0 Å². The van der Waals surface area contributed by atoms with E-state index in [1.54, 1.807) is 0 Å². The van der Waals surface area contributed by atoms with E-state index >= 15 is 0 Å². The van der Waals surface area contributed by atoms with E-state index < -0.39 is 0 Å². The van der Waals surface area contributed by atoms with Crippen molar-refractivity contribution >= 4 is 17.6 Å². The van der Waals surface area contributed by atoms with Crippen molar-refractivity contribution in [3.63, 3.8) is 0 Å². The summed E-state index contributed by atoms with van der Waals surface area (Å²) in [6.45, 7) is 4.25. The van der Waals surface area contributed by atoms with Crippen molar-refractivity contribution < 1.29 is 32.7 Å². The molecule has 0 nitrogen and oxygen atoms in total. The van der Waals surface area contributed by atoms with Crippen molar-refractivity contribution in [1.82, 2.24) is 0 Å². The molecule has 2 heteroatoms. The van der Waals surface area contributed by atoms with E-state index in [0.29, 0.717) is 5.92 Å². The van der Waals surface area contributed by atoms with Gasteiger partial charge in [-0.05, 0) is 0 Å². The summed E-state index contributed by atoms with van der Waals surface area (Å²) in [6, 6.07) is 0. The fourth-order valence-electron chi connectivity index (χ4n) is 0.167. The second-order valence-corrected chi connectivity index (χ2v) is 2.03. The molecule has 7 heavy (non-hydrogen) atoms. The summed E-state index contributed by atoms with van der Waals surface area (Å²) in [5.41, 5.74) is 0. The van der Waals surface area contributed by atoms with Gasteiger partial charge in [-0.2, -0.15) is 6.42 Å². The minimum Gasteiger partial charge on any atom is -0.424 e. The van der Waals surface area contributed by atoms with Gasteiger partial charge in [-0.15, -0.1) is 0 Å². The van der Waals surface area contributed by atoms with Crippen LogP contribution in [0.15, 0.2) is 0 Å². The van der Waals surface area contributed by atoms with Crippen LogP contribution in [0.4, 0.5) is 0 Å². The van der Waals surface area contributed by atoms with Crippen LogP contribution in [-0.4, -0.2) is 5.37 Å². The Morgan fingerprint density at radius 3 is 2.00 bits per heavy atom. The van der Waals surface area contributed by atoms with Gasteiger partial charge in [-0.25, -0.2) is 0 Å². The molecule has 0 unspecified atom stereocenters. The first kappa shape index (κ1) is 11.1. The first-order chi connectivity index (χ1) is 2.77. The molecule has 1 radical (unpaired) electrons. The smallest absolute Gasteiger partial charge is 0 e. The minimum atomic E-state index is 0. The quantitative estimate of drug-likeness (QED) is 0.473. The average Bonchev–Trinajstić information content (AvgIpc) is 1.35. The standard InChI is InChI=1S/C5H9S.Y/c1-5(2)3-4-6;/h5H,3H2,1-2H3;/q-1;. The van der Waals surface area contributed by atoms with Crippen LogP contribution in [0.5, 0.6) is 0 Å². The van der Waals surface area contributed by atoms with Crippen molar-refractivity contribution in [3.05, 3.63) is 0 Å². The van der Waals surface area contributed by atoms with Gasteiger partial charge < -0.3 is 17.6 Å². The summed E-state index contributed by atoms with van der Waals surface area (Å²) >= 11 is 4.48. The third-order valence-electron chi connectivity index (χ3n) is 0.492. The van der Waals surface area contributed by atoms with Crippen LogP contribution in [0.1, 0.15) is 20.3 Å². The SMILES string of the molecule is CC(C)C[C-]=S.[Y]. The second kappa shape index (κ2) is 7.19. The minimum absolute atomic E-state index is 0. The number of hydrogen-bond donors (Lipinski definition) is 0. The number of thiocarbonyl (C=S) groups is 1. The summed E-state index contributed by atoms with van der Waals surface area (Å²) in [7, 11) is 0. The third-order valence-corrected chi connectivity index (χ3v) is 0.658. The third kappa shape index (κ3) is 11.0. The van der Waals surface area contributed by atoms with Gasteiger partial charge in [0, 0.05) is 32.7 Å². The van der Waals surface area contributed by atoms with E-state index in [9.17, 15) is 0 Å². The van der Waals surface area contributed by atoms with E-state index in [2.05, 4.69) is 31.4 Å². The molecular weight excluding hydrogens is 181 g/mol. The molecule has 0 aromatic carbocycles. The van der Waals surface area contributed by atoms with E-state index in [1.165, 1.54) is 0 Å². The summed E-state index contributed by atoms with van der Waals surface area (Å²) in [6.07, 6.45) is 0.940. The fraction of sp³-hybridized carbons (Fsp3) is 0.800. The average molecular weight is 190 g/mol. The molecule has 0 aliphatic heterocycles. The Labute approximate surface area is 75.9 Å². The van der Waals surface area contributed by atoms with Crippen LogP contribution in [0, 0.1) is 5.92 Å². The van der Waals surface area contributed by atoms with Crippen molar-refractivity contribution in [2.24, 2.45) is 5.92 Å². The molecule has 0 heterocycles. The molecule has 0 rings (SSSR count). The molecule has 0 aromatic rings. The van der Waals surface area contributed by atoms with Crippen molar-refractivity contribution in [2.75, 3.05) is 0 Å². The molecule has 0 bridgehead atoms. The summed E-state index contributed by atoms with van der Waals surface area (Å²) in [5, 5.41) is 2.65. The Bertz CT molecular complexity index is 43.3. The first-order valence-corrected chi connectivity index (χ1v) is 2.53. The van der Waals surface area contributed by atoms with Gasteiger partial charge in [-0.1, -0.05) is 19.8 Å². The van der Waals surface area contributed by atoms with Crippen molar-refractivity contribution in [2.45, 2.75) is 20.3 Å². The van der Waals surface area contributed by atoms with Crippen LogP contribution in [0.2, 0.25) is 0 Å². The molecule has 0 spiro atoms. The zero-order valence-electron chi connectivity index (χ0n) is 4.77. The molecule has 0 aromatic heterocycles. The monoisotopic (exact) mass is 190 g/mol. The van der Waals surface area contributed by atoms with E-state index in [4.69, 9.17) is 0 Å². The van der Waals surface area contributed by atoms with Crippen LogP contribution in [0.25, 0.3) is 0 Å². The van der Waals surface area contributed by atoms with Gasteiger partial charge in [0.25, 0.3) is 0 Å². The van der Waals surface area contributed by atoms with Crippen LogP contribution in [-0.2, 0) is 32.7 Å². The number of rotatable bonds is 2. The molecule has 0 amide bonds. The maximum Gasteiger partial charge on any atom is 0 e. The van der Waals surface area contributed by atoms with Crippen LogP contribution in [0.3, 0.4) is 0 Å². The summed E-state index contributed by atoms with van der Waals surface area (Å²) in [4.78, 5) is 0. The predicted octanol–water partition coefficient (Wildman–Crippen LogP) is 1.91. The molecule has 0 saturated carbocycles. The van der Waals surface area contributed by atoms with E-state index in [-0.39, 0.29) is 32.7 Å². The number of hydrogen-bond acceptors (Lipinski definition) is 1. The Hall–Kier alpha value is 1.19. The normalized spacial score (nSPS) is 7.86. The summed E-state index contributed by atoms with van der Waals surface area (Å²) < 4.78 is 0. The van der Waals surface area contributed by atoms with Gasteiger partial charge in [0.2, 0.25) is 0 Å². The second-order valence-electron chi connectivity index (χ2n) is 1.74. The molecular formula is C5H9SY-. The van der Waals surface area contributed by atoms with Gasteiger partial charge in [-0.3, -0.25) is 0 Å². The molecule has 0 fully saturated rings. The Morgan fingerprint density at radius 2 is 2.00 bits per heavy atom. The maximum atomic E-state index is 4.48. The fourth-order valence-corrected chi connectivity index (χ4v) is 0.500. The van der Waals surface area contributed by atoms with E-state index in [1.807, 2.05) is 0 Å².